The number of halogens is 2. The summed E-state index contributed by atoms with van der Waals surface area (Å²) in [5, 5.41) is 10.7. The third-order valence-electron chi connectivity index (χ3n) is 2.25. The minimum Gasteiger partial charge on any atom is -0.477 e. The molecule has 0 bridgehead atoms. The van der Waals surface area contributed by atoms with Crippen LogP contribution in [-0.2, 0) is 0 Å². The van der Waals surface area contributed by atoms with Gasteiger partial charge in [-0.1, -0.05) is 23.9 Å². The van der Waals surface area contributed by atoms with Crippen LogP contribution in [0.25, 0.3) is 11.1 Å². The van der Waals surface area contributed by atoms with E-state index in [0.29, 0.717) is 27.8 Å². The lowest BCUT2D eigenvalue weighted by Crippen LogP contribution is -1.94. The first-order valence-electron chi connectivity index (χ1n) is 4.94. The van der Waals surface area contributed by atoms with Gasteiger partial charge in [0.2, 0.25) is 0 Å². The molecule has 2 nitrogen and oxygen atoms in total. The largest absolute Gasteiger partial charge is 0.477 e. The number of benzene rings is 1. The van der Waals surface area contributed by atoms with Gasteiger partial charge < -0.3 is 5.11 Å². The molecule has 1 heterocycles. The summed E-state index contributed by atoms with van der Waals surface area (Å²) in [5.41, 5.74) is 1.33. The Bertz CT molecular complexity index is 549. The number of rotatable bonds is 4. The van der Waals surface area contributed by atoms with Gasteiger partial charge in [0, 0.05) is 10.5 Å². The van der Waals surface area contributed by atoms with Crippen LogP contribution in [0.15, 0.2) is 40.6 Å². The summed E-state index contributed by atoms with van der Waals surface area (Å²) in [5.74, 6) is -3.43. The second kappa shape index (κ2) is 5.49. The molecule has 18 heavy (non-hydrogen) atoms. The van der Waals surface area contributed by atoms with Crippen molar-refractivity contribution < 1.29 is 18.7 Å². The molecule has 0 atom stereocenters. The van der Waals surface area contributed by atoms with Crippen LogP contribution < -0.4 is 0 Å². The predicted molar refractivity (Wildman–Crippen MR) is 68.6 cm³/mol. The smallest absolute Gasteiger partial charge is 0.346 e. The number of alkyl halides is 2. The summed E-state index contributed by atoms with van der Waals surface area (Å²) in [4.78, 5) is 11.7. The van der Waals surface area contributed by atoms with E-state index in [2.05, 4.69) is 0 Å². The van der Waals surface area contributed by atoms with E-state index in [1.54, 1.807) is 35.7 Å². The Labute approximate surface area is 110 Å². The van der Waals surface area contributed by atoms with Gasteiger partial charge in [0.15, 0.2) is 0 Å². The van der Waals surface area contributed by atoms with Crippen LogP contribution >= 0.6 is 23.1 Å². The van der Waals surface area contributed by atoms with Crippen molar-refractivity contribution >= 4 is 29.1 Å². The van der Waals surface area contributed by atoms with Gasteiger partial charge >= 0.3 is 5.97 Å². The van der Waals surface area contributed by atoms with E-state index in [-0.39, 0.29) is 4.88 Å². The predicted octanol–water partition coefficient (Wildman–Crippen LogP) is 4.43. The highest BCUT2D eigenvalue weighted by Crippen LogP contribution is 2.31. The number of carbonyl (C=O) groups is 1. The van der Waals surface area contributed by atoms with Gasteiger partial charge in [-0.15, -0.1) is 11.3 Å². The number of hydrogen-bond acceptors (Lipinski definition) is 3. The average molecular weight is 286 g/mol. The molecule has 1 aromatic carbocycles. The zero-order valence-electron chi connectivity index (χ0n) is 8.97. The van der Waals surface area contributed by atoms with E-state index in [4.69, 9.17) is 5.11 Å². The molecule has 6 heteroatoms. The molecule has 1 aromatic heterocycles. The topological polar surface area (TPSA) is 37.3 Å². The molecule has 0 aliphatic rings. The Morgan fingerprint density at radius 3 is 2.44 bits per heavy atom. The van der Waals surface area contributed by atoms with E-state index in [9.17, 15) is 13.6 Å². The first kappa shape index (κ1) is 13.0. The summed E-state index contributed by atoms with van der Waals surface area (Å²) in [6.07, 6.45) is 0. The number of hydrogen-bond donors (Lipinski definition) is 1. The van der Waals surface area contributed by atoms with Crippen molar-refractivity contribution in [1.29, 1.82) is 0 Å². The first-order chi connectivity index (χ1) is 8.58. The van der Waals surface area contributed by atoms with Gasteiger partial charge in [-0.3, -0.25) is 0 Å². The van der Waals surface area contributed by atoms with Crippen molar-refractivity contribution in [2.45, 2.75) is 10.7 Å². The van der Waals surface area contributed by atoms with Crippen molar-refractivity contribution in [3.8, 4) is 11.1 Å². The Kier molecular flexibility index (Phi) is 3.98. The zero-order chi connectivity index (χ0) is 13.1. The fourth-order valence-electron chi connectivity index (χ4n) is 1.52. The Morgan fingerprint density at radius 2 is 1.89 bits per heavy atom. The Hall–Kier alpha value is -1.40. The van der Waals surface area contributed by atoms with E-state index < -0.39 is 11.7 Å². The molecule has 0 aliphatic heterocycles. The number of carboxylic acids is 1. The number of thioether (sulfide) groups is 1. The standard InChI is InChI=1S/C12H8F2O2S2/c13-12(14)18-8-3-1-7(2-4-8)9-5-6-17-10(9)11(15)16/h1-6,12H,(H,15,16). The summed E-state index contributed by atoms with van der Waals surface area (Å²) in [6.45, 7) is 0. The number of thiophene rings is 1. The van der Waals surface area contributed by atoms with Crippen LogP contribution in [0.1, 0.15) is 9.67 Å². The molecule has 0 radical (unpaired) electrons. The molecule has 1 N–H and O–H groups in total. The highest BCUT2D eigenvalue weighted by atomic mass is 32.2. The molecule has 0 amide bonds. The van der Waals surface area contributed by atoms with Crippen molar-refractivity contribution in [2.75, 3.05) is 0 Å². The summed E-state index contributed by atoms with van der Waals surface area (Å²) in [7, 11) is 0. The normalized spacial score (nSPS) is 10.8. The highest BCUT2D eigenvalue weighted by molar-refractivity contribution is 7.99. The number of aromatic carboxylic acids is 1. The second-order valence-corrected chi connectivity index (χ2v) is 5.35. The molecular weight excluding hydrogens is 278 g/mol. The van der Waals surface area contributed by atoms with Crippen LogP contribution in [-0.4, -0.2) is 16.8 Å². The van der Waals surface area contributed by atoms with Crippen LogP contribution in [0, 0.1) is 0 Å². The van der Waals surface area contributed by atoms with Crippen molar-refractivity contribution in [3.05, 3.63) is 40.6 Å². The molecule has 2 aromatic rings. The van der Waals surface area contributed by atoms with Crippen LogP contribution in [0.2, 0.25) is 0 Å². The lowest BCUT2D eigenvalue weighted by Gasteiger charge is -2.03. The molecule has 2 rings (SSSR count). The third kappa shape index (κ3) is 2.88. The van der Waals surface area contributed by atoms with Crippen LogP contribution in [0.3, 0.4) is 0 Å². The lowest BCUT2D eigenvalue weighted by atomic mass is 10.1. The second-order valence-electron chi connectivity index (χ2n) is 3.37. The number of carboxylic acid groups (broad SMARTS) is 1. The third-order valence-corrected chi connectivity index (χ3v) is 3.87. The minimum atomic E-state index is -2.45. The van der Waals surface area contributed by atoms with Crippen LogP contribution in [0.5, 0.6) is 0 Å². The minimum absolute atomic E-state index is 0.254. The Balaban J connectivity index is 2.29. The maximum absolute atomic E-state index is 12.2. The lowest BCUT2D eigenvalue weighted by molar-refractivity contribution is 0.0703. The van der Waals surface area contributed by atoms with Crippen LogP contribution in [0.4, 0.5) is 8.78 Å². The maximum atomic E-state index is 12.2. The van der Waals surface area contributed by atoms with Gasteiger partial charge in [0.1, 0.15) is 4.88 Å². The SMILES string of the molecule is O=C(O)c1sccc1-c1ccc(SC(F)F)cc1. The molecule has 0 saturated carbocycles. The molecule has 0 fully saturated rings. The molecule has 0 spiro atoms. The molecule has 0 aliphatic carbocycles. The van der Waals surface area contributed by atoms with Crippen molar-refractivity contribution in [3.63, 3.8) is 0 Å². The first-order valence-corrected chi connectivity index (χ1v) is 6.70. The molecule has 94 valence electrons. The van der Waals surface area contributed by atoms with Crippen molar-refractivity contribution in [1.82, 2.24) is 0 Å². The summed E-state index contributed by atoms with van der Waals surface area (Å²) < 4.78 is 24.3. The molecule has 0 unspecified atom stereocenters. The Morgan fingerprint density at radius 1 is 1.22 bits per heavy atom. The van der Waals surface area contributed by atoms with E-state index in [0.717, 1.165) is 11.3 Å². The fraction of sp³-hybridized carbons (Fsp3) is 0.0833. The average Bonchev–Trinajstić information content (AvgIpc) is 2.78. The van der Waals surface area contributed by atoms with Gasteiger partial charge in [-0.25, -0.2) is 4.79 Å². The maximum Gasteiger partial charge on any atom is 0.346 e. The fourth-order valence-corrected chi connectivity index (χ4v) is 2.77. The monoisotopic (exact) mass is 286 g/mol. The molecule has 0 saturated heterocycles. The van der Waals surface area contributed by atoms with Gasteiger partial charge in [0.25, 0.3) is 5.76 Å². The van der Waals surface area contributed by atoms with Gasteiger partial charge in [-0.05, 0) is 29.1 Å². The molecular formula is C12H8F2O2S2. The highest BCUT2D eigenvalue weighted by Gasteiger charge is 2.13. The van der Waals surface area contributed by atoms with E-state index in [1.807, 2.05) is 0 Å². The quantitative estimate of drug-likeness (QED) is 0.845. The summed E-state index contributed by atoms with van der Waals surface area (Å²) >= 11 is 1.61. The summed E-state index contributed by atoms with van der Waals surface area (Å²) in [6, 6.07) is 8.15. The van der Waals surface area contributed by atoms with E-state index >= 15 is 0 Å². The van der Waals surface area contributed by atoms with Gasteiger partial charge in [-0.2, -0.15) is 8.78 Å². The van der Waals surface area contributed by atoms with Gasteiger partial charge in [0.05, 0.1) is 0 Å². The van der Waals surface area contributed by atoms with E-state index in [1.165, 1.54) is 0 Å². The van der Waals surface area contributed by atoms with Crippen molar-refractivity contribution in [2.24, 2.45) is 0 Å². The zero-order valence-corrected chi connectivity index (χ0v) is 10.6.